The number of piperidine rings is 1. The summed E-state index contributed by atoms with van der Waals surface area (Å²) < 4.78 is 7.02. The van der Waals surface area contributed by atoms with Crippen molar-refractivity contribution in [3.05, 3.63) is 11.1 Å². The highest BCUT2D eigenvalue weighted by Crippen LogP contribution is 2.65. The molecule has 0 bridgehead atoms. The average molecular weight is 428 g/mol. The van der Waals surface area contributed by atoms with Crippen LogP contribution in [-0.4, -0.2) is 35.5 Å². The van der Waals surface area contributed by atoms with Crippen LogP contribution in [0.1, 0.15) is 91.9 Å². The second-order valence-electron chi connectivity index (χ2n) is 13.1. The Balaban J connectivity index is 1.27. The molecule has 0 aromatic rings. The van der Waals surface area contributed by atoms with Gasteiger partial charge in [0.2, 0.25) is 0 Å². The molecule has 3 nitrogen and oxygen atoms in total. The molecular formula is C28H45NO2. The lowest BCUT2D eigenvalue weighted by molar-refractivity contribution is -0.0795. The largest absolute Gasteiger partial charge is 0.393 e. The molecule has 3 saturated carbocycles. The first-order valence-corrected chi connectivity index (χ1v) is 13.6. The Morgan fingerprint density at radius 1 is 1.06 bits per heavy atom. The van der Waals surface area contributed by atoms with E-state index in [2.05, 4.69) is 33.0 Å². The topological polar surface area (TPSA) is 41.5 Å². The molecule has 5 fully saturated rings. The Labute approximate surface area is 189 Å². The molecule has 0 aromatic heterocycles. The lowest BCUT2D eigenvalue weighted by atomic mass is 9.52. The average Bonchev–Trinajstić information content (AvgIpc) is 3.19. The minimum Gasteiger partial charge on any atom is -0.393 e. The molecule has 6 aliphatic rings. The van der Waals surface area contributed by atoms with Gasteiger partial charge >= 0.3 is 0 Å². The van der Waals surface area contributed by atoms with Crippen LogP contribution in [0.25, 0.3) is 0 Å². The third-order valence-electron chi connectivity index (χ3n) is 11.6. The first-order chi connectivity index (χ1) is 14.8. The number of fused-ring (bicyclic) bond motifs is 6. The van der Waals surface area contributed by atoms with Crippen LogP contribution in [0.4, 0.5) is 0 Å². The number of aliphatic hydroxyl groups excluding tert-OH is 1. The van der Waals surface area contributed by atoms with E-state index >= 15 is 0 Å². The lowest BCUT2D eigenvalue weighted by Gasteiger charge is -2.53. The summed E-state index contributed by atoms with van der Waals surface area (Å²) in [6.07, 6.45) is 12.8. The van der Waals surface area contributed by atoms with Gasteiger partial charge in [0.25, 0.3) is 0 Å². The third kappa shape index (κ3) is 3.08. The molecular weight excluding hydrogens is 382 g/mol. The quantitative estimate of drug-likeness (QED) is 0.504. The van der Waals surface area contributed by atoms with E-state index in [4.69, 9.17) is 4.74 Å². The predicted octanol–water partition coefficient (Wildman–Crippen LogP) is 5.47. The van der Waals surface area contributed by atoms with Crippen LogP contribution in [0.15, 0.2) is 11.1 Å². The highest BCUT2D eigenvalue weighted by Gasteiger charge is 2.59. The summed E-state index contributed by atoms with van der Waals surface area (Å²) >= 11 is 0. The maximum Gasteiger partial charge on any atom is 0.0765 e. The van der Waals surface area contributed by atoms with Gasteiger partial charge in [0.1, 0.15) is 0 Å². The summed E-state index contributed by atoms with van der Waals surface area (Å²) in [5.41, 5.74) is 4.06. The van der Waals surface area contributed by atoms with E-state index < -0.39 is 0 Å². The van der Waals surface area contributed by atoms with E-state index in [1.807, 2.05) is 5.57 Å². The Morgan fingerprint density at radius 3 is 2.74 bits per heavy atom. The van der Waals surface area contributed by atoms with Crippen molar-refractivity contribution in [1.82, 2.24) is 5.32 Å². The smallest absolute Gasteiger partial charge is 0.0765 e. The first-order valence-electron chi connectivity index (χ1n) is 13.6. The van der Waals surface area contributed by atoms with E-state index in [-0.39, 0.29) is 11.7 Å². The van der Waals surface area contributed by atoms with Crippen LogP contribution in [0.3, 0.4) is 0 Å². The SMILES string of the molecule is CC1=C2C[C@H]3C(CC[C@@H]4CC(O)CC[C@@]43C)[C@@H]2CC[C@@]2(C1)O[C@@H]1C[C@H](C)CN[C@H]1[C@H]2C. The van der Waals surface area contributed by atoms with Gasteiger partial charge in [0.05, 0.1) is 17.8 Å². The van der Waals surface area contributed by atoms with E-state index in [0.717, 1.165) is 49.0 Å². The van der Waals surface area contributed by atoms with Gasteiger partial charge in [-0.1, -0.05) is 31.9 Å². The number of ether oxygens (including phenoxy) is 1. The normalized spacial score (nSPS) is 56.6. The highest BCUT2D eigenvalue weighted by molar-refractivity contribution is 5.29. The second-order valence-corrected chi connectivity index (χ2v) is 13.1. The zero-order chi connectivity index (χ0) is 21.5. The predicted molar refractivity (Wildman–Crippen MR) is 125 cm³/mol. The molecule has 0 amide bonds. The standard InChI is InChI=1S/C28H45NO2/c1-16-11-25-26(29-15-16)18(3)28(31-25)10-8-21-22-6-5-19-12-20(30)7-9-27(19,4)24(22)13-23(21)17(2)14-28/h16,18-22,24-26,29-30H,5-15H2,1-4H3/t16-,18+,19+,20?,21-,22?,24-,25+,26-,27-,28-/m0/s1. The van der Waals surface area contributed by atoms with Gasteiger partial charge < -0.3 is 15.2 Å². The summed E-state index contributed by atoms with van der Waals surface area (Å²) in [6, 6.07) is 0.558. The van der Waals surface area contributed by atoms with Crippen LogP contribution in [0.5, 0.6) is 0 Å². The van der Waals surface area contributed by atoms with Crippen LogP contribution in [-0.2, 0) is 4.74 Å². The number of nitrogens with one attached hydrogen (secondary N) is 1. The molecule has 1 spiro atoms. The minimum atomic E-state index is -0.0387. The van der Waals surface area contributed by atoms with Crippen LogP contribution < -0.4 is 5.32 Å². The van der Waals surface area contributed by atoms with E-state index in [9.17, 15) is 5.11 Å². The summed E-state index contributed by atoms with van der Waals surface area (Å²) in [4.78, 5) is 0. The molecule has 2 saturated heterocycles. The van der Waals surface area contributed by atoms with Gasteiger partial charge in [0.15, 0.2) is 0 Å². The van der Waals surface area contributed by atoms with Gasteiger partial charge in [-0.2, -0.15) is 0 Å². The fraction of sp³-hybridized carbons (Fsp3) is 0.929. The van der Waals surface area contributed by atoms with E-state index in [0.29, 0.717) is 23.5 Å². The van der Waals surface area contributed by atoms with Crippen molar-refractivity contribution in [3.8, 4) is 0 Å². The molecule has 174 valence electrons. The maximum atomic E-state index is 10.3. The summed E-state index contributed by atoms with van der Waals surface area (Å²) in [5, 5.41) is 14.2. The van der Waals surface area contributed by atoms with E-state index in [1.165, 1.54) is 51.4 Å². The number of aliphatic hydroxyl groups is 1. The van der Waals surface area contributed by atoms with Crippen molar-refractivity contribution < 1.29 is 9.84 Å². The van der Waals surface area contributed by atoms with E-state index in [1.54, 1.807) is 5.57 Å². The lowest BCUT2D eigenvalue weighted by Crippen LogP contribution is -2.48. The number of hydrogen-bond donors (Lipinski definition) is 2. The fourth-order valence-corrected chi connectivity index (χ4v) is 9.80. The van der Waals surface area contributed by atoms with Crippen molar-refractivity contribution in [1.29, 1.82) is 0 Å². The Kier molecular flexibility index (Phi) is 4.99. The summed E-state index contributed by atoms with van der Waals surface area (Å²) in [7, 11) is 0. The molecule has 0 aromatic carbocycles. The Morgan fingerprint density at radius 2 is 1.90 bits per heavy atom. The molecule has 6 rings (SSSR count). The minimum absolute atomic E-state index is 0.0387. The fourth-order valence-electron chi connectivity index (χ4n) is 9.80. The van der Waals surface area contributed by atoms with Gasteiger partial charge in [-0.25, -0.2) is 0 Å². The van der Waals surface area contributed by atoms with Gasteiger partial charge in [-0.05, 0) is 113 Å². The molecule has 11 atom stereocenters. The highest BCUT2D eigenvalue weighted by atomic mass is 16.5. The van der Waals surface area contributed by atoms with Crippen LogP contribution in [0.2, 0.25) is 0 Å². The number of rotatable bonds is 0. The van der Waals surface area contributed by atoms with Gasteiger partial charge in [-0.3, -0.25) is 0 Å². The Bertz CT molecular complexity index is 762. The molecule has 3 heteroatoms. The monoisotopic (exact) mass is 427 g/mol. The Hall–Kier alpha value is -0.380. The summed E-state index contributed by atoms with van der Waals surface area (Å²) in [6.45, 7) is 11.1. The van der Waals surface area contributed by atoms with Crippen molar-refractivity contribution in [2.45, 2.75) is 116 Å². The first kappa shape index (κ1) is 21.2. The molecule has 2 N–H and O–H groups in total. The number of hydrogen-bond acceptors (Lipinski definition) is 3. The van der Waals surface area contributed by atoms with Crippen LogP contribution >= 0.6 is 0 Å². The van der Waals surface area contributed by atoms with Crippen molar-refractivity contribution >= 4 is 0 Å². The molecule has 2 aliphatic heterocycles. The summed E-state index contributed by atoms with van der Waals surface area (Å²) in [5.74, 6) is 4.64. The third-order valence-corrected chi connectivity index (χ3v) is 11.6. The van der Waals surface area contributed by atoms with Crippen molar-refractivity contribution in [2.75, 3.05) is 6.54 Å². The molecule has 31 heavy (non-hydrogen) atoms. The molecule has 2 heterocycles. The van der Waals surface area contributed by atoms with Crippen LogP contribution in [0, 0.1) is 40.9 Å². The molecule has 2 unspecified atom stereocenters. The van der Waals surface area contributed by atoms with Gasteiger partial charge in [0, 0.05) is 12.0 Å². The zero-order valence-corrected chi connectivity index (χ0v) is 20.3. The second kappa shape index (κ2) is 7.31. The van der Waals surface area contributed by atoms with Crippen molar-refractivity contribution in [2.24, 2.45) is 40.9 Å². The van der Waals surface area contributed by atoms with Crippen molar-refractivity contribution in [3.63, 3.8) is 0 Å². The number of allylic oxidation sites excluding steroid dienone is 1. The molecule has 0 radical (unpaired) electrons. The molecule has 4 aliphatic carbocycles. The zero-order valence-electron chi connectivity index (χ0n) is 20.3. The van der Waals surface area contributed by atoms with Gasteiger partial charge in [-0.15, -0.1) is 0 Å². The maximum absolute atomic E-state index is 10.3.